The summed E-state index contributed by atoms with van der Waals surface area (Å²) in [6, 6.07) is 0. The van der Waals surface area contributed by atoms with Crippen LogP contribution in [0.1, 0.15) is 36.6 Å². The Morgan fingerprint density at radius 3 is 2.67 bits per heavy atom. The Morgan fingerprint density at radius 1 is 1.33 bits per heavy atom. The SMILES string of the molecule is CCN(Cc1ncc(C)c(OC)c1C)CC1CCNCC1. The molecular weight excluding hydrogens is 262 g/mol. The summed E-state index contributed by atoms with van der Waals surface area (Å²) in [6.45, 7) is 11.9. The lowest BCUT2D eigenvalue weighted by molar-refractivity contribution is 0.204. The Balaban J connectivity index is 2.04. The first-order chi connectivity index (χ1) is 10.2. The molecule has 0 atom stereocenters. The Hall–Kier alpha value is -1.13. The van der Waals surface area contributed by atoms with E-state index in [9.17, 15) is 0 Å². The third kappa shape index (κ3) is 4.17. The second-order valence-electron chi connectivity index (χ2n) is 6.07. The lowest BCUT2D eigenvalue weighted by Gasteiger charge is -2.29. The van der Waals surface area contributed by atoms with Crippen LogP contribution in [0.25, 0.3) is 0 Å². The van der Waals surface area contributed by atoms with Gasteiger partial charge in [-0.2, -0.15) is 0 Å². The number of pyridine rings is 1. The van der Waals surface area contributed by atoms with E-state index >= 15 is 0 Å². The maximum Gasteiger partial charge on any atom is 0.128 e. The molecule has 2 heterocycles. The van der Waals surface area contributed by atoms with Crippen molar-refractivity contribution in [2.45, 2.75) is 40.2 Å². The van der Waals surface area contributed by atoms with Crippen molar-refractivity contribution in [3.63, 3.8) is 0 Å². The highest BCUT2D eigenvalue weighted by molar-refractivity contribution is 5.41. The second-order valence-corrected chi connectivity index (χ2v) is 6.07. The van der Waals surface area contributed by atoms with Gasteiger partial charge in [-0.1, -0.05) is 6.92 Å². The first kappa shape index (κ1) is 16.2. The van der Waals surface area contributed by atoms with Crippen LogP contribution in [-0.2, 0) is 6.54 Å². The summed E-state index contributed by atoms with van der Waals surface area (Å²) in [6.07, 6.45) is 4.51. The number of nitrogens with one attached hydrogen (secondary N) is 1. The van der Waals surface area contributed by atoms with Gasteiger partial charge in [-0.25, -0.2) is 0 Å². The number of nitrogens with zero attached hydrogens (tertiary/aromatic N) is 2. The zero-order valence-electron chi connectivity index (χ0n) is 13.9. The maximum absolute atomic E-state index is 5.51. The maximum atomic E-state index is 5.51. The van der Waals surface area contributed by atoms with Crippen molar-refractivity contribution in [3.8, 4) is 5.75 Å². The molecule has 0 unspecified atom stereocenters. The van der Waals surface area contributed by atoms with E-state index in [-0.39, 0.29) is 0 Å². The zero-order chi connectivity index (χ0) is 15.2. The van der Waals surface area contributed by atoms with E-state index in [0.29, 0.717) is 0 Å². The fraction of sp³-hybridized carbons (Fsp3) is 0.706. The lowest BCUT2D eigenvalue weighted by atomic mass is 9.97. The average molecular weight is 291 g/mol. The summed E-state index contributed by atoms with van der Waals surface area (Å²) in [7, 11) is 1.74. The molecule has 1 N–H and O–H groups in total. The fourth-order valence-electron chi connectivity index (χ4n) is 3.18. The first-order valence-corrected chi connectivity index (χ1v) is 8.07. The zero-order valence-corrected chi connectivity index (χ0v) is 13.9. The highest BCUT2D eigenvalue weighted by Crippen LogP contribution is 2.25. The minimum Gasteiger partial charge on any atom is -0.496 e. The predicted molar refractivity (Wildman–Crippen MR) is 86.8 cm³/mol. The topological polar surface area (TPSA) is 37.4 Å². The van der Waals surface area contributed by atoms with E-state index in [1.165, 1.54) is 24.9 Å². The standard InChI is InChI=1S/C17H29N3O/c1-5-20(11-15-6-8-18-9-7-15)12-16-14(3)17(21-4)13(2)10-19-16/h10,15,18H,5-9,11-12H2,1-4H3. The van der Waals surface area contributed by atoms with Crippen LogP contribution in [0, 0.1) is 19.8 Å². The van der Waals surface area contributed by atoms with Crippen molar-refractivity contribution >= 4 is 0 Å². The number of ether oxygens (including phenoxy) is 1. The van der Waals surface area contributed by atoms with Crippen molar-refractivity contribution in [1.82, 2.24) is 15.2 Å². The van der Waals surface area contributed by atoms with E-state index in [2.05, 4.69) is 36.0 Å². The molecule has 0 bridgehead atoms. The third-order valence-electron chi connectivity index (χ3n) is 4.55. The molecule has 4 heteroatoms. The Kier molecular flexibility index (Phi) is 6.00. The van der Waals surface area contributed by atoms with Crippen LogP contribution < -0.4 is 10.1 Å². The molecule has 2 rings (SSSR count). The molecule has 0 amide bonds. The van der Waals surface area contributed by atoms with Crippen molar-refractivity contribution in [3.05, 3.63) is 23.0 Å². The fourth-order valence-corrected chi connectivity index (χ4v) is 3.18. The van der Waals surface area contributed by atoms with E-state index in [4.69, 9.17) is 4.74 Å². The normalized spacial score (nSPS) is 16.4. The Morgan fingerprint density at radius 2 is 2.05 bits per heavy atom. The van der Waals surface area contributed by atoms with Gasteiger partial charge in [-0.15, -0.1) is 0 Å². The monoisotopic (exact) mass is 291 g/mol. The molecule has 21 heavy (non-hydrogen) atoms. The first-order valence-electron chi connectivity index (χ1n) is 8.07. The van der Waals surface area contributed by atoms with E-state index in [1.807, 2.05) is 6.20 Å². The summed E-state index contributed by atoms with van der Waals surface area (Å²) < 4.78 is 5.51. The van der Waals surface area contributed by atoms with Gasteiger partial charge >= 0.3 is 0 Å². The highest BCUT2D eigenvalue weighted by atomic mass is 16.5. The van der Waals surface area contributed by atoms with Crippen LogP contribution in [0.5, 0.6) is 5.75 Å². The molecule has 118 valence electrons. The van der Waals surface area contributed by atoms with Crippen molar-refractivity contribution in [2.75, 3.05) is 33.3 Å². The molecule has 0 aromatic carbocycles. The van der Waals surface area contributed by atoms with Crippen molar-refractivity contribution in [1.29, 1.82) is 0 Å². The minimum atomic E-state index is 0.818. The van der Waals surface area contributed by atoms with Gasteiger partial charge in [0.15, 0.2) is 0 Å². The number of hydrogen-bond donors (Lipinski definition) is 1. The molecular formula is C17H29N3O. The van der Waals surface area contributed by atoms with Crippen LogP contribution in [0.3, 0.4) is 0 Å². The number of aryl methyl sites for hydroxylation is 1. The van der Waals surface area contributed by atoms with Crippen molar-refractivity contribution in [2.24, 2.45) is 5.92 Å². The lowest BCUT2D eigenvalue weighted by Crippen LogP contribution is -2.36. The van der Waals surface area contributed by atoms with Crippen molar-refractivity contribution < 1.29 is 4.74 Å². The van der Waals surface area contributed by atoms with Gasteiger partial charge in [0, 0.05) is 30.4 Å². The summed E-state index contributed by atoms with van der Waals surface area (Å²) in [5, 5.41) is 3.44. The number of hydrogen-bond acceptors (Lipinski definition) is 4. The third-order valence-corrected chi connectivity index (χ3v) is 4.55. The van der Waals surface area contributed by atoms with Gasteiger partial charge < -0.3 is 10.1 Å². The number of methoxy groups -OCH3 is 1. The molecule has 1 aliphatic rings. The minimum absolute atomic E-state index is 0.818. The predicted octanol–water partition coefficient (Wildman–Crippen LogP) is 2.53. The second kappa shape index (κ2) is 7.76. The van der Waals surface area contributed by atoms with Gasteiger partial charge in [0.2, 0.25) is 0 Å². The summed E-state index contributed by atoms with van der Waals surface area (Å²) in [5.74, 6) is 1.80. The molecule has 1 saturated heterocycles. The largest absolute Gasteiger partial charge is 0.496 e. The average Bonchev–Trinajstić information content (AvgIpc) is 2.50. The number of rotatable bonds is 6. The van der Waals surface area contributed by atoms with Crippen LogP contribution in [-0.4, -0.2) is 43.2 Å². The molecule has 1 fully saturated rings. The molecule has 0 saturated carbocycles. The van der Waals surface area contributed by atoms with Gasteiger partial charge in [0.05, 0.1) is 12.8 Å². The Labute approximate surface area is 128 Å². The summed E-state index contributed by atoms with van der Waals surface area (Å²) in [5.41, 5.74) is 3.44. The van der Waals surface area contributed by atoms with Crippen LogP contribution in [0.4, 0.5) is 0 Å². The van der Waals surface area contributed by atoms with E-state index < -0.39 is 0 Å². The molecule has 0 aliphatic carbocycles. The molecule has 0 spiro atoms. The smallest absolute Gasteiger partial charge is 0.128 e. The van der Waals surface area contributed by atoms with Crippen LogP contribution in [0.15, 0.2) is 6.20 Å². The molecule has 0 radical (unpaired) electrons. The van der Waals surface area contributed by atoms with E-state index in [0.717, 1.165) is 49.1 Å². The highest BCUT2D eigenvalue weighted by Gasteiger charge is 2.18. The molecule has 1 aromatic rings. The molecule has 1 aromatic heterocycles. The summed E-state index contributed by atoms with van der Waals surface area (Å²) in [4.78, 5) is 7.15. The molecule has 4 nitrogen and oxygen atoms in total. The van der Waals surface area contributed by atoms with Gasteiger partial charge in [-0.05, 0) is 52.2 Å². The van der Waals surface area contributed by atoms with Gasteiger partial charge in [0.1, 0.15) is 5.75 Å². The van der Waals surface area contributed by atoms with E-state index in [1.54, 1.807) is 7.11 Å². The van der Waals surface area contributed by atoms with Crippen LogP contribution >= 0.6 is 0 Å². The number of aromatic nitrogens is 1. The summed E-state index contributed by atoms with van der Waals surface area (Å²) >= 11 is 0. The van der Waals surface area contributed by atoms with Gasteiger partial charge in [-0.3, -0.25) is 9.88 Å². The number of piperidine rings is 1. The van der Waals surface area contributed by atoms with Crippen LogP contribution in [0.2, 0.25) is 0 Å². The molecule has 1 aliphatic heterocycles. The van der Waals surface area contributed by atoms with Gasteiger partial charge in [0.25, 0.3) is 0 Å². The quantitative estimate of drug-likeness (QED) is 0.874. The Bertz CT molecular complexity index is 456.